The molecule has 10 nitrogen and oxygen atoms in total. The van der Waals surface area contributed by atoms with Gasteiger partial charge in [0.2, 0.25) is 0 Å². The molecule has 0 radical (unpaired) electrons. The minimum atomic E-state index is -1.60. The summed E-state index contributed by atoms with van der Waals surface area (Å²) in [7, 11) is 1.41. The van der Waals surface area contributed by atoms with Crippen LogP contribution in [0.25, 0.3) is 22.5 Å². The predicted molar refractivity (Wildman–Crippen MR) is 133 cm³/mol. The summed E-state index contributed by atoms with van der Waals surface area (Å²) < 4.78 is 54.0. The Morgan fingerprint density at radius 2 is 1.82 bits per heavy atom. The molecule has 1 fully saturated rings. The van der Waals surface area contributed by atoms with E-state index >= 15 is 0 Å². The lowest BCUT2D eigenvalue weighted by Crippen LogP contribution is -2.55. The maximum absolute atomic E-state index is 13.8. The molecule has 4 heterocycles. The Kier molecular flexibility index (Phi) is 8.11. The van der Waals surface area contributed by atoms with Crippen molar-refractivity contribution in [2.75, 3.05) is 13.7 Å². The van der Waals surface area contributed by atoms with Gasteiger partial charge in [0, 0.05) is 41.7 Å². The smallest absolute Gasteiger partial charge is 0.194 e. The highest BCUT2D eigenvalue weighted by molar-refractivity contribution is 8.00. The minimum absolute atomic E-state index is 0.0245. The van der Waals surface area contributed by atoms with Crippen LogP contribution in [0.1, 0.15) is 6.04 Å². The SMILES string of the molecule is CO[C@@H]1[C@@H](n2cc(-c3cc(F)c(F)c(F)c3)nn2)[C@@H](O)[C@@H](CO)O[C@@H]1Sc1cc(Cl)cnc1-c1cncnc1. The van der Waals surface area contributed by atoms with Crippen molar-refractivity contribution in [3.63, 3.8) is 0 Å². The minimum Gasteiger partial charge on any atom is -0.394 e. The first-order chi connectivity index (χ1) is 18.8. The quantitative estimate of drug-likeness (QED) is 0.314. The molecule has 5 rings (SSSR count). The van der Waals surface area contributed by atoms with Gasteiger partial charge >= 0.3 is 0 Å². The number of aliphatic hydroxyl groups is 2. The summed E-state index contributed by atoms with van der Waals surface area (Å²) in [4.78, 5) is 13.1. The summed E-state index contributed by atoms with van der Waals surface area (Å²) in [6.07, 6.45) is 4.13. The lowest BCUT2D eigenvalue weighted by Gasteiger charge is -2.43. The molecule has 0 spiro atoms. The second kappa shape index (κ2) is 11.5. The number of ether oxygens (including phenoxy) is 2. The molecular formula is C24H20ClF3N6O4S. The molecule has 39 heavy (non-hydrogen) atoms. The molecule has 4 aromatic rings. The first-order valence-electron chi connectivity index (χ1n) is 11.4. The molecule has 0 bridgehead atoms. The van der Waals surface area contributed by atoms with Gasteiger partial charge in [0.25, 0.3) is 0 Å². The molecule has 5 atom stereocenters. The van der Waals surface area contributed by atoms with Gasteiger partial charge in [-0.3, -0.25) is 4.98 Å². The zero-order chi connectivity index (χ0) is 27.7. The molecule has 0 saturated carbocycles. The van der Waals surface area contributed by atoms with Crippen LogP contribution < -0.4 is 0 Å². The van der Waals surface area contributed by atoms with Gasteiger partial charge in [-0.2, -0.15) is 0 Å². The molecule has 1 saturated heterocycles. The average molecular weight is 581 g/mol. The van der Waals surface area contributed by atoms with E-state index < -0.39 is 53.8 Å². The third-order valence-electron chi connectivity index (χ3n) is 6.09. The van der Waals surface area contributed by atoms with Crippen molar-refractivity contribution in [2.24, 2.45) is 0 Å². The van der Waals surface area contributed by atoms with Crippen molar-refractivity contribution in [1.82, 2.24) is 29.9 Å². The molecule has 1 aliphatic heterocycles. The largest absolute Gasteiger partial charge is 0.394 e. The van der Waals surface area contributed by atoms with Crippen LogP contribution in [0.5, 0.6) is 0 Å². The van der Waals surface area contributed by atoms with Crippen LogP contribution in [0.4, 0.5) is 13.2 Å². The molecule has 0 aliphatic carbocycles. The summed E-state index contributed by atoms with van der Waals surface area (Å²) in [6, 6.07) is 2.30. The normalized spacial score (nSPS) is 23.2. The Balaban J connectivity index is 1.50. The van der Waals surface area contributed by atoms with Gasteiger partial charge in [-0.05, 0) is 18.2 Å². The van der Waals surface area contributed by atoms with Crippen molar-refractivity contribution < 1.29 is 32.9 Å². The van der Waals surface area contributed by atoms with Crippen molar-refractivity contribution in [3.05, 3.63) is 71.8 Å². The first-order valence-corrected chi connectivity index (χ1v) is 12.7. The Labute approximate surface area is 228 Å². The van der Waals surface area contributed by atoms with E-state index in [1.807, 2.05) is 0 Å². The van der Waals surface area contributed by atoms with Crippen LogP contribution in [-0.4, -0.2) is 77.6 Å². The molecule has 15 heteroatoms. The summed E-state index contributed by atoms with van der Waals surface area (Å²) in [5.74, 6) is -4.37. The van der Waals surface area contributed by atoms with E-state index in [2.05, 4.69) is 25.3 Å². The molecular weight excluding hydrogens is 561 g/mol. The van der Waals surface area contributed by atoms with E-state index in [0.717, 1.165) is 12.1 Å². The van der Waals surface area contributed by atoms with Crippen LogP contribution in [0.2, 0.25) is 5.02 Å². The zero-order valence-corrected chi connectivity index (χ0v) is 21.6. The topological polar surface area (TPSA) is 128 Å². The number of rotatable bonds is 7. The first kappa shape index (κ1) is 27.4. The number of methoxy groups -OCH3 is 1. The van der Waals surface area contributed by atoms with Crippen LogP contribution >= 0.6 is 23.4 Å². The fraction of sp³-hybridized carbons (Fsp3) is 0.292. The maximum Gasteiger partial charge on any atom is 0.194 e. The second-order valence-electron chi connectivity index (χ2n) is 8.49. The van der Waals surface area contributed by atoms with Crippen molar-refractivity contribution in [1.29, 1.82) is 0 Å². The van der Waals surface area contributed by atoms with E-state index in [9.17, 15) is 23.4 Å². The molecule has 0 unspecified atom stereocenters. The summed E-state index contributed by atoms with van der Waals surface area (Å²) in [6.45, 7) is -0.533. The number of pyridine rings is 1. The number of halogens is 4. The third-order valence-corrected chi connectivity index (χ3v) is 7.47. The van der Waals surface area contributed by atoms with E-state index in [-0.39, 0.29) is 11.3 Å². The number of aliphatic hydroxyl groups excluding tert-OH is 2. The number of hydrogen-bond donors (Lipinski definition) is 2. The monoisotopic (exact) mass is 580 g/mol. The van der Waals surface area contributed by atoms with Gasteiger partial charge in [-0.1, -0.05) is 28.6 Å². The van der Waals surface area contributed by atoms with Gasteiger partial charge in [-0.15, -0.1) is 5.10 Å². The summed E-state index contributed by atoms with van der Waals surface area (Å²) in [5, 5.41) is 29.4. The Bertz CT molecular complexity index is 1450. The Morgan fingerprint density at radius 1 is 1.10 bits per heavy atom. The Morgan fingerprint density at radius 3 is 2.49 bits per heavy atom. The van der Waals surface area contributed by atoms with Crippen LogP contribution in [0.15, 0.2) is 54.2 Å². The number of nitrogens with zero attached hydrogens (tertiary/aromatic N) is 6. The van der Waals surface area contributed by atoms with Gasteiger partial charge in [0.05, 0.1) is 23.5 Å². The van der Waals surface area contributed by atoms with Crippen molar-refractivity contribution in [3.8, 4) is 22.5 Å². The van der Waals surface area contributed by atoms with Gasteiger partial charge < -0.3 is 19.7 Å². The predicted octanol–water partition coefficient (Wildman–Crippen LogP) is 3.29. The van der Waals surface area contributed by atoms with Crippen molar-refractivity contribution >= 4 is 23.4 Å². The second-order valence-corrected chi connectivity index (χ2v) is 10.1. The molecule has 1 aromatic carbocycles. The lowest BCUT2D eigenvalue weighted by atomic mass is 9.97. The molecule has 204 valence electrons. The number of thioether (sulfide) groups is 1. The fourth-order valence-electron chi connectivity index (χ4n) is 4.24. The van der Waals surface area contributed by atoms with Crippen LogP contribution in [0.3, 0.4) is 0 Å². The molecule has 3 aromatic heterocycles. The summed E-state index contributed by atoms with van der Waals surface area (Å²) in [5.41, 5.74) is 0.290. The molecule has 2 N–H and O–H groups in total. The fourth-order valence-corrected chi connectivity index (χ4v) is 5.80. The van der Waals surface area contributed by atoms with Gasteiger partial charge in [0.15, 0.2) is 17.5 Å². The number of hydrogen-bond acceptors (Lipinski definition) is 10. The van der Waals surface area contributed by atoms with E-state index in [1.165, 1.54) is 42.3 Å². The number of benzene rings is 1. The van der Waals surface area contributed by atoms with E-state index in [0.29, 0.717) is 21.2 Å². The number of aromatic nitrogens is 6. The highest BCUT2D eigenvalue weighted by Gasteiger charge is 2.47. The lowest BCUT2D eigenvalue weighted by molar-refractivity contribution is -0.186. The maximum atomic E-state index is 13.8. The highest BCUT2D eigenvalue weighted by Crippen LogP contribution is 2.42. The molecule has 1 aliphatic rings. The zero-order valence-electron chi connectivity index (χ0n) is 20.0. The third kappa shape index (κ3) is 5.48. The van der Waals surface area contributed by atoms with E-state index in [4.69, 9.17) is 21.1 Å². The van der Waals surface area contributed by atoms with E-state index in [1.54, 1.807) is 18.5 Å². The van der Waals surface area contributed by atoms with Crippen molar-refractivity contribution in [2.45, 2.75) is 34.7 Å². The van der Waals surface area contributed by atoms with Gasteiger partial charge in [-0.25, -0.2) is 27.8 Å². The highest BCUT2D eigenvalue weighted by atomic mass is 35.5. The Hall–Kier alpha value is -3.14. The summed E-state index contributed by atoms with van der Waals surface area (Å²) >= 11 is 7.42. The average Bonchev–Trinajstić information content (AvgIpc) is 3.42. The van der Waals surface area contributed by atoms with Gasteiger partial charge in [0.1, 0.15) is 41.8 Å². The van der Waals surface area contributed by atoms with Crippen LogP contribution in [-0.2, 0) is 9.47 Å². The standard InChI is InChI=1S/C24H20ClF3N6O4S/c1-37-23-21(34-8-16(32-33-34)11-2-14(26)19(28)15(27)3-11)22(36)17(9-35)38-24(23)39-18-4-13(25)7-31-20(18)12-5-29-10-30-6-12/h2-8,10,17,21-24,35-36H,9H2,1H3/t17-,21+,22+,23-,24-/m1/s1. The molecule has 0 amide bonds. The van der Waals surface area contributed by atoms with Crippen LogP contribution in [0, 0.1) is 17.5 Å².